The maximum atomic E-state index is 11.7. The number of nitrogens with zero attached hydrogens (tertiary/aromatic N) is 3. The number of hydrogen-bond donors (Lipinski definition) is 0. The Bertz CT molecular complexity index is 487. The monoisotopic (exact) mass is 297 g/mol. The van der Waals surface area contributed by atoms with Crippen LogP contribution >= 0.6 is 11.8 Å². The fourth-order valence-electron chi connectivity index (χ4n) is 2.13. The van der Waals surface area contributed by atoms with Gasteiger partial charge in [0.15, 0.2) is 10.9 Å². The zero-order valence-electron chi connectivity index (χ0n) is 11.6. The summed E-state index contributed by atoms with van der Waals surface area (Å²) in [4.78, 5) is 22.9. The molecule has 0 atom stereocenters. The number of ether oxygens (including phenoxy) is 1. The van der Waals surface area contributed by atoms with E-state index in [2.05, 4.69) is 14.8 Å². The number of esters is 1. The molecule has 0 saturated heterocycles. The smallest absolute Gasteiger partial charge is 0.313 e. The van der Waals surface area contributed by atoms with Gasteiger partial charge >= 0.3 is 5.97 Å². The van der Waals surface area contributed by atoms with E-state index in [1.807, 2.05) is 0 Å². The van der Waals surface area contributed by atoms with E-state index in [-0.39, 0.29) is 18.0 Å². The molecule has 1 aromatic rings. The SMILES string of the molecule is CCOC(=O)CC(=O)CSc1nnc2n1CCCCC2. The predicted octanol–water partition coefficient (Wildman–Crippen LogP) is 1.62. The van der Waals surface area contributed by atoms with Crippen molar-refractivity contribution < 1.29 is 14.3 Å². The van der Waals surface area contributed by atoms with E-state index >= 15 is 0 Å². The zero-order valence-corrected chi connectivity index (χ0v) is 12.4. The summed E-state index contributed by atoms with van der Waals surface area (Å²) in [6.45, 7) is 2.94. The Morgan fingerprint density at radius 2 is 2.15 bits per heavy atom. The molecule has 0 N–H and O–H groups in total. The van der Waals surface area contributed by atoms with Crippen LogP contribution in [0.25, 0.3) is 0 Å². The van der Waals surface area contributed by atoms with Crippen molar-refractivity contribution in [2.45, 2.75) is 50.7 Å². The molecule has 2 rings (SSSR count). The van der Waals surface area contributed by atoms with E-state index in [0.29, 0.717) is 6.61 Å². The standard InChI is InChI=1S/C13H19N3O3S/c1-2-19-12(18)8-10(17)9-20-13-15-14-11-6-4-3-5-7-16(11)13/h2-9H2,1H3. The number of fused-ring (bicyclic) bond motifs is 1. The van der Waals surface area contributed by atoms with Crippen molar-refractivity contribution in [2.75, 3.05) is 12.4 Å². The summed E-state index contributed by atoms with van der Waals surface area (Å²) in [5, 5.41) is 9.09. The van der Waals surface area contributed by atoms with E-state index in [1.165, 1.54) is 18.2 Å². The van der Waals surface area contributed by atoms with Gasteiger partial charge in [-0.2, -0.15) is 0 Å². The highest BCUT2D eigenvalue weighted by Gasteiger charge is 2.17. The lowest BCUT2D eigenvalue weighted by Crippen LogP contribution is -2.13. The van der Waals surface area contributed by atoms with Gasteiger partial charge in [0.1, 0.15) is 12.2 Å². The molecule has 6 nitrogen and oxygen atoms in total. The molecule has 0 aromatic carbocycles. The van der Waals surface area contributed by atoms with E-state index < -0.39 is 5.97 Å². The third-order valence-corrected chi connectivity index (χ3v) is 4.11. The predicted molar refractivity (Wildman–Crippen MR) is 74.6 cm³/mol. The topological polar surface area (TPSA) is 74.1 Å². The number of aryl methyl sites for hydroxylation is 1. The average molecular weight is 297 g/mol. The summed E-state index contributed by atoms with van der Waals surface area (Å²) in [6.07, 6.45) is 4.25. The Kier molecular flexibility index (Phi) is 5.58. The number of ketones is 1. The molecule has 1 aliphatic rings. The summed E-state index contributed by atoms with van der Waals surface area (Å²) in [7, 11) is 0. The highest BCUT2D eigenvalue weighted by atomic mass is 32.2. The highest BCUT2D eigenvalue weighted by molar-refractivity contribution is 7.99. The van der Waals surface area contributed by atoms with Crippen LogP contribution in [0.3, 0.4) is 0 Å². The molecule has 20 heavy (non-hydrogen) atoms. The first-order valence-electron chi connectivity index (χ1n) is 6.93. The van der Waals surface area contributed by atoms with Crippen LogP contribution in [0.15, 0.2) is 5.16 Å². The Balaban J connectivity index is 1.86. The zero-order chi connectivity index (χ0) is 14.4. The Morgan fingerprint density at radius 1 is 1.30 bits per heavy atom. The molecule has 110 valence electrons. The van der Waals surface area contributed by atoms with E-state index in [9.17, 15) is 9.59 Å². The minimum atomic E-state index is -0.460. The first kappa shape index (κ1) is 15.0. The first-order chi connectivity index (χ1) is 9.70. The van der Waals surface area contributed by atoms with Crippen LogP contribution in [0, 0.1) is 0 Å². The normalized spacial score (nSPS) is 14.4. The van der Waals surface area contributed by atoms with Crippen molar-refractivity contribution in [3.8, 4) is 0 Å². The molecule has 7 heteroatoms. The van der Waals surface area contributed by atoms with E-state index in [1.54, 1.807) is 6.92 Å². The number of carbonyl (C=O) groups is 2. The quantitative estimate of drug-likeness (QED) is 0.451. The van der Waals surface area contributed by atoms with Gasteiger partial charge in [0.05, 0.1) is 12.4 Å². The Morgan fingerprint density at radius 3 is 2.95 bits per heavy atom. The number of rotatable bonds is 6. The average Bonchev–Trinajstić information content (AvgIpc) is 2.64. The van der Waals surface area contributed by atoms with Gasteiger partial charge in [0.25, 0.3) is 0 Å². The van der Waals surface area contributed by atoms with Gasteiger partial charge in [-0.1, -0.05) is 18.2 Å². The molecule has 0 unspecified atom stereocenters. The number of hydrogen-bond acceptors (Lipinski definition) is 6. The van der Waals surface area contributed by atoms with Crippen LogP contribution in [0.2, 0.25) is 0 Å². The Hall–Kier alpha value is -1.37. The second kappa shape index (κ2) is 7.42. The van der Waals surface area contributed by atoms with Gasteiger partial charge < -0.3 is 9.30 Å². The molecule has 0 saturated carbocycles. The van der Waals surface area contributed by atoms with Gasteiger partial charge in [-0.15, -0.1) is 10.2 Å². The van der Waals surface area contributed by atoms with Crippen molar-refractivity contribution in [2.24, 2.45) is 0 Å². The number of carbonyl (C=O) groups excluding carboxylic acids is 2. The highest BCUT2D eigenvalue weighted by Crippen LogP contribution is 2.21. The van der Waals surface area contributed by atoms with Crippen molar-refractivity contribution in [1.82, 2.24) is 14.8 Å². The lowest BCUT2D eigenvalue weighted by atomic mass is 10.2. The minimum absolute atomic E-state index is 0.139. The van der Waals surface area contributed by atoms with Crippen LogP contribution in [-0.4, -0.2) is 38.9 Å². The van der Waals surface area contributed by atoms with Crippen LogP contribution in [0.5, 0.6) is 0 Å². The van der Waals surface area contributed by atoms with Crippen molar-refractivity contribution in [1.29, 1.82) is 0 Å². The summed E-state index contributed by atoms with van der Waals surface area (Å²) >= 11 is 1.35. The molecular formula is C13H19N3O3S. The number of thioether (sulfide) groups is 1. The maximum Gasteiger partial charge on any atom is 0.313 e. The summed E-state index contributed by atoms with van der Waals surface area (Å²) in [5.41, 5.74) is 0. The summed E-state index contributed by atoms with van der Waals surface area (Å²) < 4.78 is 6.85. The molecule has 0 radical (unpaired) electrons. The van der Waals surface area contributed by atoms with Crippen LogP contribution in [0.1, 0.15) is 38.4 Å². The molecule has 2 heterocycles. The number of Topliss-reactive ketones (excluding diaryl/α,β-unsaturated/α-hetero) is 1. The summed E-state index contributed by atoms with van der Waals surface area (Å²) in [5.74, 6) is 0.636. The van der Waals surface area contributed by atoms with Crippen LogP contribution < -0.4 is 0 Å². The molecular weight excluding hydrogens is 278 g/mol. The molecule has 1 aliphatic heterocycles. The molecule has 0 amide bonds. The van der Waals surface area contributed by atoms with E-state index in [0.717, 1.165) is 36.8 Å². The number of aromatic nitrogens is 3. The van der Waals surface area contributed by atoms with Crippen molar-refractivity contribution in [3.05, 3.63) is 5.82 Å². The van der Waals surface area contributed by atoms with Gasteiger partial charge in [-0.05, 0) is 19.8 Å². The van der Waals surface area contributed by atoms with Crippen molar-refractivity contribution in [3.63, 3.8) is 0 Å². The third-order valence-electron chi connectivity index (χ3n) is 3.08. The fraction of sp³-hybridized carbons (Fsp3) is 0.692. The second-order valence-corrected chi connectivity index (χ2v) is 5.61. The van der Waals surface area contributed by atoms with Crippen LogP contribution in [-0.2, 0) is 27.3 Å². The Labute approximate surface area is 122 Å². The lowest BCUT2D eigenvalue weighted by Gasteiger charge is -2.05. The fourth-order valence-corrected chi connectivity index (χ4v) is 2.98. The van der Waals surface area contributed by atoms with Gasteiger partial charge in [-0.3, -0.25) is 9.59 Å². The van der Waals surface area contributed by atoms with Gasteiger partial charge in [0.2, 0.25) is 0 Å². The molecule has 0 bridgehead atoms. The molecule has 0 spiro atoms. The first-order valence-corrected chi connectivity index (χ1v) is 7.91. The summed E-state index contributed by atoms with van der Waals surface area (Å²) in [6, 6.07) is 0. The largest absolute Gasteiger partial charge is 0.466 e. The maximum absolute atomic E-state index is 11.7. The minimum Gasteiger partial charge on any atom is -0.466 e. The second-order valence-electron chi connectivity index (χ2n) is 4.67. The molecule has 0 aliphatic carbocycles. The van der Waals surface area contributed by atoms with Gasteiger partial charge in [-0.25, -0.2) is 0 Å². The lowest BCUT2D eigenvalue weighted by molar-refractivity contribution is -0.145. The molecule has 1 aromatic heterocycles. The molecule has 0 fully saturated rings. The van der Waals surface area contributed by atoms with E-state index in [4.69, 9.17) is 4.74 Å². The third kappa shape index (κ3) is 4.06. The van der Waals surface area contributed by atoms with Crippen LogP contribution in [0.4, 0.5) is 0 Å². The van der Waals surface area contributed by atoms with Gasteiger partial charge in [0, 0.05) is 13.0 Å². The van der Waals surface area contributed by atoms with Crippen molar-refractivity contribution >= 4 is 23.5 Å².